The van der Waals surface area contributed by atoms with Gasteiger partial charge in [0.05, 0.1) is 11.8 Å². The maximum atomic E-state index is 8.40. The standard InChI is InChI=1S/C9H12N4/c1-13-9(11-5-4-10)6-8(12-13)7-2-3-7/h6-7,11H,2-3,5H2,1H3. The Labute approximate surface area is 77.2 Å². The Balaban J connectivity index is 2.11. The number of hydrogen-bond acceptors (Lipinski definition) is 3. The summed E-state index contributed by atoms with van der Waals surface area (Å²) < 4.78 is 1.80. The lowest BCUT2D eigenvalue weighted by atomic mass is 10.3. The molecule has 4 nitrogen and oxygen atoms in total. The van der Waals surface area contributed by atoms with Crippen LogP contribution in [0.15, 0.2) is 6.07 Å². The Morgan fingerprint density at radius 1 is 1.77 bits per heavy atom. The van der Waals surface area contributed by atoms with Crippen LogP contribution in [0.25, 0.3) is 0 Å². The molecular formula is C9H12N4. The zero-order valence-electron chi connectivity index (χ0n) is 7.62. The van der Waals surface area contributed by atoms with Crippen molar-refractivity contribution in [2.75, 3.05) is 11.9 Å². The summed E-state index contributed by atoms with van der Waals surface area (Å²) in [4.78, 5) is 0. The Morgan fingerprint density at radius 3 is 3.15 bits per heavy atom. The number of nitrogens with zero attached hydrogens (tertiary/aromatic N) is 3. The van der Waals surface area contributed by atoms with Gasteiger partial charge in [0.1, 0.15) is 12.4 Å². The van der Waals surface area contributed by atoms with E-state index in [2.05, 4.69) is 10.4 Å². The summed E-state index contributed by atoms with van der Waals surface area (Å²) in [7, 11) is 1.89. The molecule has 68 valence electrons. The van der Waals surface area contributed by atoms with Crippen LogP contribution < -0.4 is 5.32 Å². The van der Waals surface area contributed by atoms with Gasteiger partial charge >= 0.3 is 0 Å². The van der Waals surface area contributed by atoms with Gasteiger partial charge in [-0.2, -0.15) is 10.4 Å². The van der Waals surface area contributed by atoms with E-state index in [4.69, 9.17) is 5.26 Å². The average Bonchev–Trinajstić information content (AvgIpc) is 2.89. The van der Waals surface area contributed by atoms with E-state index in [9.17, 15) is 0 Å². The monoisotopic (exact) mass is 176 g/mol. The second-order valence-electron chi connectivity index (χ2n) is 3.36. The molecule has 0 saturated heterocycles. The molecule has 1 aliphatic carbocycles. The van der Waals surface area contributed by atoms with Gasteiger partial charge in [0, 0.05) is 19.0 Å². The lowest BCUT2D eigenvalue weighted by Gasteiger charge is -1.99. The van der Waals surface area contributed by atoms with Crippen LogP contribution in [0, 0.1) is 11.3 Å². The fourth-order valence-corrected chi connectivity index (χ4v) is 1.36. The number of nitrogens with one attached hydrogen (secondary N) is 1. The predicted molar refractivity (Wildman–Crippen MR) is 49.3 cm³/mol. The second-order valence-corrected chi connectivity index (χ2v) is 3.36. The van der Waals surface area contributed by atoms with Gasteiger partial charge in [-0.15, -0.1) is 0 Å². The molecule has 0 aromatic carbocycles. The zero-order valence-corrected chi connectivity index (χ0v) is 7.62. The Morgan fingerprint density at radius 2 is 2.54 bits per heavy atom. The number of rotatable bonds is 3. The molecule has 1 aromatic heterocycles. The molecule has 0 atom stereocenters. The molecule has 2 rings (SSSR count). The fourth-order valence-electron chi connectivity index (χ4n) is 1.36. The molecule has 1 aliphatic rings. The SMILES string of the molecule is Cn1nc(C2CC2)cc1NCC#N. The van der Waals surface area contributed by atoms with Gasteiger partial charge in [0.25, 0.3) is 0 Å². The van der Waals surface area contributed by atoms with Gasteiger partial charge in [-0.1, -0.05) is 0 Å². The zero-order chi connectivity index (χ0) is 9.26. The highest BCUT2D eigenvalue weighted by molar-refractivity contribution is 5.39. The number of nitriles is 1. The van der Waals surface area contributed by atoms with Crippen molar-refractivity contribution < 1.29 is 0 Å². The first-order valence-corrected chi connectivity index (χ1v) is 4.46. The minimum Gasteiger partial charge on any atom is -0.357 e. The molecule has 0 spiro atoms. The van der Waals surface area contributed by atoms with Crippen LogP contribution >= 0.6 is 0 Å². The van der Waals surface area contributed by atoms with Gasteiger partial charge < -0.3 is 5.32 Å². The van der Waals surface area contributed by atoms with E-state index >= 15 is 0 Å². The Bertz CT molecular complexity index is 343. The highest BCUT2D eigenvalue weighted by Crippen LogP contribution is 2.39. The predicted octanol–water partition coefficient (Wildman–Crippen LogP) is 1.23. The van der Waals surface area contributed by atoms with E-state index in [1.807, 2.05) is 19.2 Å². The third-order valence-corrected chi connectivity index (χ3v) is 2.24. The summed E-state index contributed by atoms with van der Waals surface area (Å²) >= 11 is 0. The molecule has 1 heterocycles. The van der Waals surface area contributed by atoms with Crippen molar-refractivity contribution in [3.05, 3.63) is 11.8 Å². The molecule has 1 fully saturated rings. The number of anilines is 1. The summed E-state index contributed by atoms with van der Waals surface area (Å²) in [5, 5.41) is 15.8. The van der Waals surface area contributed by atoms with Gasteiger partial charge in [-0.05, 0) is 12.8 Å². The van der Waals surface area contributed by atoms with Gasteiger partial charge in [-0.3, -0.25) is 4.68 Å². The van der Waals surface area contributed by atoms with E-state index in [0.29, 0.717) is 12.5 Å². The van der Waals surface area contributed by atoms with E-state index in [-0.39, 0.29) is 0 Å². The smallest absolute Gasteiger partial charge is 0.125 e. The maximum Gasteiger partial charge on any atom is 0.125 e. The molecule has 0 bridgehead atoms. The lowest BCUT2D eigenvalue weighted by Crippen LogP contribution is -2.03. The average molecular weight is 176 g/mol. The fraction of sp³-hybridized carbons (Fsp3) is 0.556. The Hall–Kier alpha value is -1.50. The molecule has 1 aromatic rings. The molecule has 1 saturated carbocycles. The van der Waals surface area contributed by atoms with Crippen molar-refractivity contribution in [1.29, 1.82) is 5.26 Å². The molecule has 4 heteroatoms. The summed E-state index contributed by atoms with van der Waals surface area (Å²) in [6, 6.07) is 4.08. The van der Waals surface area contributed by atoms with Crippen molar-refractivity contribution >= 4 is 5.82 Å². The van der Waals surface area contributed by atoms with Crippen LogP contribution in [0.2, 0.25) is 0 Å². The van der Waals surface area contributed by atoms with E-state index in [1.165, 1.54) is 12.8 Å². The summed E-state index contributed by atoms with van der Waals surface area (Å²) in [5.74, 6) is 1.60. The summed E-state index contributed by atoms with van der Waals surface area (Å²) in [5.41, 5.74) is 1.16. The van der Waals surface area contributed by atoms with Crippen molar-refractivity contribution in [1.82, 2.24) is 9.78 Å². The third-order valence-electron chi connectivity index (χ3n) is 2.24. The Kier molecular flexibility index (Phi) is 1.93. The second kappa shape index (κ2) is 3.09. The minimum atomic E-state index is 0.337. The molecule has 0 unspecified atom stereocenters. The highest BCUT2D eigenvalue weighted by Gasteiger charge is 2.26. The minimum absolute atomic E-state index is 0.337. The van der Waals surface area contributed by atoms with Crippen LogP contribution in [0.4, 0.5) is 5.82 Å². The van der Waals surface area contributed by atoms with Gasteiger partial charge in [-0.25, -0.2) is 0 Å². The summed E-state index contributed by atoms with van der Waals surface area (Å²) in [6.07, 6.45) is 2.52. The van der Waals surface area contributed by atoms with Crippen LogP contribution in [0.5, 0.6) is 0 Å². The number of hydrogen-bond donors (Lipinski definition) is 1. The van der Waals surface area contributed by atoms with E-state index in [1.54, 1.807) is 4.68 Å². The van der Waals surface area contributed by atoms with Crippen molar-refractivity contribution in [2.45, 2.75) is 18.8 Å². The highest BCUT2D eigenvalue weighted by atomic mass is 15.3. The molecule has 13 heavy (non-hydrogen) atoms. The molecular weight excluding hydrogens is 164 g/mol. The molecule has 0 aliphatic heterocycles. The van der Waals surface area contributed by atoms with Crippen LogP contribution in [-0.4, -0.2) is 16.3 Å². The summed E-state index contributed by atoms with van der Waals surface area (Å²) in [6.45, 7) is 0.337. The lowest BCUT2D eigenvalue weighted by molar-refractivity contribution is 0.748. The van der Waals surface area contributed by atoms with Crippen molar-refractivity contribution in [3.8, 4) is 6.07 Å². The molecule has 0 amide bonds. The van der Waals surface area contributed by atoms with E-state index in [0.717, 1.165) is 11.5 Å². The number of aryl methyl sites for hydroxylation is 1. The topological polar surface area (TPSA) is 53.6 Å². The van der Waals surface area contributed by atoms with Crippen molar-refractivity contribution in [2.24, 2.45) is 7.05 Å². The quantitative estimate of drug-likeness (QED) is 0.705. The van der Waals surface area contributed by atoms with Crippen LogP contribution in [0.3, 0.4) is 0 Å². The first kappa shape index (κ1) is 8.11. The third kappa shape index (κ3) is 1.64. The van der Waals surface area contributed by atoms with Gasteiger partial charge in [0.2, 0.25) is 0 Å². The largest absolute Gasteiger partial charge is 0.357 e. The van der Waals surface area contributed by atoms with Crippen molar-refractivity contribution in [3.63, 3.8) is 0 Å². The van der Waals surface area contributed by atoms with Gasteiger partial charge in [0.15, 0.2) is 0 Å². The normalized spacial score (nSPS) is 15.4. The van der Waals surface area contributed by atoms with Crippen LogP contribution in [-0.2, 0) is 7.05 Å². The maximum absolute atomic E-state index is 8.40. The molecule has 0 radical (unpaired) electrons. The first-order valence-electron chi connectivity index (χ1n) is 4.46. The molecule has 1 N–H and O–H groups in total. The van der Waals surface area contributed by atoms with Crippen LogP contribution in [0.1, 0.15) is 24.5 Å². The van der Waals surface area contributed by atoms with E-state index < -0.39 is 0 Å². The first-order chi connectivity index (χ1) is 6.31. The number of aromatic nitrogens is 2.